The van der Waals surface area contributed by atoms with Crippen molar-refractivity contribution in [3.63, 3.8) is 0 Å². The van der Waals surface area contributed by atoms with Gasteiger partial charge >= 0.3 is 0 Å². The predicted octanol–water partition coefficient (Wildman–Crippen LogP) is 1.76. The van der Waals surface area contributed by atoms with Crippen LogP contribution in [0.25, 0.3) is 0 Å². The van der Waals surface area contributed by atoms with Gasteiger partial charge < -0.3 is 15.7 Å². The molecule has 1 saturated heterocycles. The Morgan fingerprint density at radius 1 is 1.40 bits per heavy atom. The van der Waals surface area contributed by atoms with Gasteiger partial charge in [0.1, 0.15) is 6.04 Å². The number of aliphatic hydroxyl groups excluding tert-OH is 1. The second kappa shape index (κ2) is 6.86. The number of rotatable bonds is 4. The lowest BCUT2D eigenvalue weighted by molar-refractivity contribution is -0.136. The Labute approximate surface area is 120 Å². The molecule has 110 valence electrons. The maximum atomic E-state index is 12.6. The van der Waals surface area contributed by atoms with E-state index in [2.05, 4.69) is 0 Å². The van der Waals surface area contributed by atoms with E-state index in [1.165, 1.54) is 0 Å². The highest BCUT2D eigenvalue weighted by atomic mass is 16.3. The zero-order valence-corrected chi connectivity index (χ0v) is 12.1. The molecule has 4 nitrogen and oxygen atoms in total. The van der Waals surface area contributed by atoms with Gasteiger partial charge in [-0.2, -0.15) is 0 Å². The summed E-state index contributed by atoms with van der Waals surface area (Å²) >= 11 is 0. The third kappa shape index (κ3) is 3.38. The van der Waals surface area contributed by atoms with Crippen molar-refractivity contribution in [2.75, 3.05) is 13.2 Å². The monoisotopic (exact) mass is 276 g/mol. The molecule has 2 atom stereocenters. The molecule has 1 aromatic carbocycles. The van der Waals surface area contributed by atoms with Crippen LogP contribution in [0, 0.1) is 6.92 Å². The number of aliphatic hydroxyl groups is 1. The van der Waals surface area contributed by atoms with Crippen LogP contribution < -0.4 is 5.73 Å². The summed E-state index contributed by atoms with van der Waals surface area (Å²) in [6.45, 7) is 2.89. The molecule has 3 N–H and O–H groups in total. The lowest BCUT2D eigenvalue weighted by atomic mass is 9.97. The topological polar surface area (TPSA) is 66.6 Å². The maximum Gasteiger partial charge on any atom is 0.244 e. The highest BCUT2D eigenvalue weighted by Crippen LogP contribution is 2.23. The third-order valence-electron chi connectivity index (χ3n) is 4.08. The number of aryl methyl sites for hydroxylation is 1. The molecule has 0 radical (unpaired) electrons. The summed E-state index contributed by atoms with van der Waals surface area (Å²) in [7, 11) is 0. The van der Waals surface area contributed by atoms with Crippen LogP contribution >= 0.6 is 0 Å². The summed E-state index contributed by atoms with van der Waals surface area (Å²) in [6.07, 6.45) is 3.75. The van der Waals surface area contributed by atoms with E-state index in [0.717, 1.165) is 36.9 Å². The molecule has 1 aromatic rings. The molecule has 1 heterocycles. The zero-order valence-electron chi connectivity index (χ0n) is 12.1. The Morgan fingerprint density at radius 3 is 2.75 bits per heavy atom. The molecule has 0 aromatic heterocycles. The molecule has 0 spiro atoms. The minimum atomic E-state index is -0.602. The highest BCUT2D eigenvalue weighted by Gasteiger charge is 2.30. The van der Waals surface area contributed by atoms with Gasteiger partial charge in [-0.3, -0.25) is 4.79 Å². The van der Waals surface area contributed by atoms with Crippen molar-refractivity contribution in [2.45, 2.75) is 44.7 Å². The lowest BCUT2D eigenvalue weighted by Gasteiger charge is -2.37. The van der Waals surface area contributed by atoms with Crippen LogP contribution in [-0.4, -0.2) is 35.1 Å². The first kappa shape index (κ1) is 15.0. The molecule has 1 aliphatic rings. The van der Waals surface area contributed by atoms with Crippen LogP contribution in [-0.2, 0) is 4.79 Å². The number of benzene rings is 1. The van der Waals surface area contributed by atoms with Crippen molar-refractivity contribution < 1.29 is 9.90 Å². The van der Waals surface area contributed by atoms with Gasteiger partial charge in [-0.05, 0) is 38.2 Å². The summed E-state index contributed by atoms with van der Waals surface area (Å²) in [5.74, 6) is -0.0213. The summed E-state index contributed by atoms with van der Waals surface area (Å²) in [5, 5.41) is 9.14. The van der Waals surface area contributed by atoms with E-state index < -0.39 is 6.04 Å². The summed E-state index contributed by atoms with van der Waals surface area (Å²) < 4.78 is 0. The molecular weight excluding hydrogens is 252 g/mol. The molecule has 1 aliphatic heterocycles. The number of amides is 1. The van der Waals surface area contributed by atoms with Crippen molar-refractivity contribution in [1.82, 2.24) is 4.90 Å². The molecule has 4 heteroatoms. The number of nitrogens with two attached hydrogens (primary N) is 1. The van der Waals surface area contributed by atoms with E-state index in [1.54, 1.807) is 0 Å². The number of hydrogen-bond donors (Lipinski definition) is 2. The molecule has 1 amide bonds. The molecule has 0 saturated carbocycles. The van der Waals surface area contributed by atoms with Gasteiger partial charge in [-0.15, -0.1) is 0 Å². The van der Waals surface area contributed by atoms with Crippen LogP contribution in [0.3, 0.4) is 0 Å². The second-order valence-corrected chi connectivity index (χ2v) is 5.58. The maximum absolute atomic E-state index is 12.6. The third-order valence-corrected chi connectivity index (χ3v) is 4.08. The van der Waals surface area contributed by atoms with Crippen LogP contribution in [0.15, 0.2) is 24.3 Å². The van der Waals surface area contributed by atoms with E-state index in [9.17, 15) is 4.79 Å². The first-order chi connectivity index (χ1) is 9.63. The first-order valence-electron chi connectivity index (χ1n) is 7.37. The van der Waals surface area contributed by atoms with Gasteiger partial charge in [0, 0.05) is 19.2 Å². The number of likely N-dealkylation sites (tertiary alicyclic amines) is 1. The van der Waals surface area contributed by atoms with Crippen LogP contribution in [0.5, 0.6) is 0 Å². The van der Waals surface area contributed by atoms with E-state index in [4.69, 9.17) is 10.8 Å². The molecule has 0 aliphatic carbocycles. The Morgan fingerprint density at radius 2 is 2.10 bits per heavy atom. The van der Waals surface area contributed by atoms with Gasteiger partial charge in [-0.25, -0.2) is 0 Å². The average Bonchev–Trinajstić information content (AvgIpc) is 2.47. The van der Waals surface area contributed by atoms with Crippen LogP contribution in [0.1, 0.15) is 42.9 Å². The van der Waals surface area contributed by atoms with Crippen molar-refractivity contribution in [3.05, 3.63) is 35.4 Å². The van der Waals surface area contributed by atoms with Crippen LogP contribution in [0.2, 0.25) is 0 Å². The quantitative estimate of drug-likeness (QED) is 0.880. The Balaban J connectivity index is 2.09. The Bertz CT molecular complexity index is 442. The normalized spacial score (nSPS) is 20.8. The number of hydrogen-bond acceptors (Lipinski definition) is 3. The SMILES string of the molecule is Cc1ccc(C(N)C(=O)N2CCCCC2CCO)cc1. The fraction of sp³-hybridized carbons (Fsp3) is 0.562. The minimum Gasteiger partial charge on any atom is -0.396 e. The summed E-state index contributed by atoms with van der Waals surface area (Å²) in [4.78, 5) is 14.5. The average molecular weight is 276 g/mol. The van der Waals surface area contributed by atoms with E-state index in [-0.39, 0.29) is 18.6 Å². The van der Waals surface area contributed by atoms with Crippen molar-refractivity contribution in [3.8, 4) is 0 Å². The summed E-state index contributed by atoms with van der Waals surface area (Å²) in [6, 6.07) is 7.33. The largest absolute Gasteiger partial charge is 0.396 e. The van der Waals surface area contributed by atoms with Gasteiger partial charge in [0.05, 0.1) is 0 Å². The lowest BCUT2D eigenvalue weighted by Crippen LogP contribution is -2.47. The van der Waals surface area contributed by atoms with Crippen LogP contribution in [0.4, 0.5) is 0 Å². The first-order valence-corrected chi connectivity index (χ1v) is 7.37. The second-order valence-electron chi connectivity index (χ2n) is 5.58. The summed E-state index contributed by atoms with van der Waals surface area (Å²) in [5.41, 5.74) is 8.14. The van der Waals surface area contributed by atoms with Gasteiger partial charge in [0.15, 0.2) is 0 Å². The van der Waals surface area contributed by atoms with Crippen molar-refractivity contribution >= 4 is 5.91 Å². The number of carbonyl (C=O) groups is 1. The number of carbonyl (C=O) groups excluding carboxylic acids is 1. The van der Waals surface area contributed by atoms with E-state index in [1.807, 2.05) is 36.1 Å². The van der Waals surface area contributed by atoms with Crippen molar-refractivity contribution in [2.24, 2.45) is 5.73 Å². The molecule has 20 heavy (non-hydrogen) atoms. The predicted molar refractivity (Wildman–Crippen MR) is 79.2 cm³/mol. The molecule has 0 bridgehead atoms. The minimum absolute atomic E-state index is 0.0213. The molecule has 2 rings (SSSR count). The highest BCUT2D eigenvalue weighted by molar-refractivity contribution is 5.83. The van der Waals surface area contributed by atoms with Gasteiger partial charge in [0.25, 0.3) is 0 Å². The van der Waals surface area contributed by atoms with Gasteiger partial charge in [0.2, 0.25) is 5.91 Å². The fourth-order valence-corrected chi connectivity index (χ4v) is 2.83. The standard InChI is InChI=1S/C16H24N2O2/c1-12-5-7-13(8-6-12)15(17)16(20)18-10-3-2-4-14(18)9-11-19/h5-8,14-15,19H,2-4,9-11,17H2,1H3. The van der Waals surface area contributed by atoms with E-state index in [0.29, 0.717) is 6.42 Å². The molecule has 1 fully saturated rings. The molecule has 2 unspecified atom stereocenters. The van der Waals surface area contributed by atoms with Gasteiger partial charge in [-0.1, -0.05) is 29.8 Å². The Hall–Kier alpha value is -1.39. The number of piperidine rings is 1. The smallest absolute Gasteiger partial charge is 0.244 e. The molecular formula is C16H24N2O2. The fourth-order valence-electron chi connectivity index (χ4n) is 2.83. The van der Waals surface area contributed by atoms with E-state index >= 15 is 0 Å². The zero-order chi connectivity index (χ0) is 14.5. The Kier molecular flexibility index (Phi) is 5.15. The number of nitrogens with zero attached hydrogens (tertiary/aromatic N) is 1. The van der Waals surface area contributed by atoms with Crippen molar-refractivity contribution in [1.29, 1.82) is 0 Å².